The van der Waals surface area contributed by atoms with Gasteiger partial charge in [-0.15, -0.1) is 0 Å². The normalized spacial score (nSPS) is 22.9. The zero-order valence-corrected chi connectivity index (χ0v) is 14.6. The monoisotopic (exact) mass is 319 g/mol. The number of aryl methyl sites for hydroxylation is 3. The molecule has 2 aliphatic rings. The van der Waals surface area contributed by atoms with Gasteiger partial charge in [-0.05, 0) is 67.3 Å². The Hall–Kier alpha value is -2.09. The molecule has 0 saturated carbocycles. The summed E-state index contributed by atoms with van der Waals surface area (Å²) in [5.41, 5.74) is 6.79. The zero-order valence-electron chi connectivity index (χ0n) is 14.6. The zero-order chi connectivity index (χ0) is 16.7. The molecule has 1 amide bonds. The molecule has 0 radical (unpaired) electrons. The molecule has 1 aliphatic heterocycles. The first-order valence-electron chi connectivity index (χ1n) is 9.08. The highest BCUT2D eigenvalue weighted by molar-refractivity contribution is 5.82. The fourth-order valence-corrected chi connectivity index (χ4v) is 4.54. The summed E-state index contributed by atoms with van der Waals surface area (Å²) < 4.78 is 0. The van der Waals surface area contributed by atoms with Crippen LogP contribution in [-0.4, -0.2) is 17.4 Å². The Bertz CT molecular complexity index is 759. The van der Waals surface area contributed by atoms with Crippen LogP contribution in [0.5, 0.6) is 0 Å². The third kappa shape index (κ3) is 2.54. The van der Waals surface area contributed by atoms with Gasteiger partial charge < -0.3 is 4.90 Å². The van der Waals surface area contributed by atoms with Crippen LogP contribution < -0.4 is 0 Å². The standard InChI is InChI=1S/C22H25NO/c1-15-6-5-7-16(2)20(15)14-18-12-13-23(22(18)24)21-11-10-17-8-3-4-9-19(17)21/h3-9,18,21H,10-14H2,1-2H3. The van der Waals surface area contributed by atoms with Gasteiger partial charge in [-0.25, -0.2) is 0 Å². The van der Waals surface area contributed by atoms with E-state index in [0.717, 1.165) is 32.2 Å². The van der Waals surface area contributed by atoms with E-state index < -0.39 is 0 Å². The second-order valence-corrected chi connectivity index (χ2v) is 7.35. The Morgan fingerprint density at radius 2 is 1.75 bits per heavy atom. The van der Waals surface area contributed by atoms with E-state index in [1.54, 1.807) is 0 Å². The van der Waals surface area contributed by atoms with Gasteiger partial charge in [0.2, 0.25) is 5.91 Å². The van der Waals surface area contributed by atoms with Crippen molar-refractivity contribution in [2.45, 2.75) is 45.6 Å². The number of hydrogen-bond donors (Lipinski definition) is 0. The number of likely N-dealkylation sites (tertiary alicyclic amines) is 1. The van der Waals surface area contributed by atoms with E-state index in [-0.39, 0.29) is 5.92 Å². The number of hydrogen-bond acceptors (Lipinski definition) is 1. The highest BCUT2D eigenvalue weighted by Gasteiger charge is 2.38. The molecule has 1 heterocycles. The lowest BCUT2D eigenvalue weighted by molar-refractivity contribution is -0.133. The minimum absolute atomic E-state index is 0.151. The van der Waals surface area contributed by atoms with Crippen LogP contribution in [0, 0.1) is 19.8 Å². The summed E-state index contributed by atoms with van der Waals surface area (Å²) in [6.07, 6.45) is 4.07. The second kappa shape index (κ2) is 6.08. The molecule has 0 spiro atoms. The van der Waals surface area contributed by atoms with Crippen molar-refractivity contribution < 1.29 is 4.79 Å². The number of fused-ring (bicyclic) bond motifs is 1. The molecular weight excluding hydrogens is 294 g/mol. The molecule has 2 unspecified atom stereocenters. The minimum Gasteiger partial charge on any atom is -0.335 e. The van der Waals surface area contributed by atoms with Crippen molar-refractivity contribution in [2.75, 3.05) is 6.54 Å². The predicted molar refractivity (Wildman–Crippen MR) is 96.9 cm³/mol. The van der Waals surface area contributed by atoms with Gasteiger partial charge in [0.1, 0.15) is 0 Å². The number of amides is 1. The molecule has 4 rings (SSSR count). The van der Waals surface area contributed by atoms with E-state index in [1.165, 1.54) is 27.8 Å². The second-order valence-electron chi connectivity index (χ2n) is 7.35. The highest BCUT2D eigenvalue weighted by atomic mass is 16.2. The molecule has 2 aromatic rings. The highest BCUT2D eigenvalue weighted by Crippen LogP contribution is 2.39. The van der Waals surface area contributed by atoms with E-state index in [2.05, 4.69) is 61.2 Å². The third-order valence-corrected chi connectivity index (χ3v) is 5.92. The summed E-state index contributed by atoms with van der Waals surface area (Å²) in [7, 11) is 0. The first-order valence-corrected chi connectivity index (χ1v) is 9.08. The number of carbonyl (C=O) groups excluding carboxylic acids is 1. The van der Waals surface area contributed by atoms with Gasteiger partial charge in [-0.3, -0.25) is 4.79 Å². The molecule has 124 valence electrons. The molecule has 0 bridgehead atoms. The van der Waals surface area contributed by atoms with Crippen LogP contribution in [0.25, 0.3) is 0 Å². The van der Waals surface area contributed by atoms with Gasteiger partial charge in [0.25, 0.3) is 0 Å². The van der Waals surface area contributed by atoms with Crippen molar-refractivity contribution in [1.82, 2.24) is 4.90 Å². The lowest BCUT2D eigenvalue weighted by atomic mass is 9.92. The van der Waals surface area contributed by atoms with Crippen LogP contribution in [-0.2, 0) is 17.6 Å². The van der Waals surface area contributed by atoms with E-state index >= 15 is 0 Å². The smallest absolute Gasteiger partial charge is 0.226 e. The Morgan fingerprint density at radius 3 is 2.54 bits per heavy atom. The Kier molecular flexibility index (Phi) is 3.91. The summed E-state index contributed by atoms with van der Waals surface area (Å²) >= 11 is 0. The number of carbonyl (C=O) groups is 1. The topological polar surface area (TPSA) is 20.3 Å². The van der Waals surface area contributed by atoms with Crippen LogP contribution in [0.15, 0.2) is 42.5 Å². The van der Waals surface area contributed by atoms with E-state index in [4.69, 9.17) is 0 Å². The van der Waals surface area contributed by atoms with E-state index in [9.17, 15) is 4.79 Å². The number of rotatable bonds is 3. The molecule has 1 saturated heterocycles. The van der Waals surface area contributed by atoms with Crippen LogP contribution in [0.1, 0.15) is 46.7 Å². The fourth-order valence-electron chi connectivity index (χ4n) is 4.54. The largest absolute Gasteiger partial charge is 0.335 e. The van der Waals surface area contributed by atoms with Crippen molar-refractivity contribution in [3.05, 3.63) is 70.3 Å². The third-order valence-electron chi connectivity index (χ3n) is 5.92. The Labute approximate surface area is 144 Å². The molecule has 2 aromatic carbocycles. The van der Waals surface area contributed by atoms with Gasteiger partial charge >= 0.3 is 0 Å². The maximum atomic E-state index is 13.1. The molecule has 0 aromatic heterocycles. The van der Waals surface area contributed by atoms with Gasteiger partial charge in [-0.1, -0.05) is 42.5 Å². The molecule has 2 atom stereocenters. The lowest BCUT2D eigenvalue weighted by Crippen LogP contribution is -2.31. The van der Waals surface area contributed by atoms with Crippen molar-refractivity contribution in [2.24, 2.45) is 5.92 Å². The first kappa shape index (κ1) is 15.4. The maximum absolute atomic E-state index is 13.1. The summed E-state index contributed by atoms with van der Waals surface area (Å²) in [4.78, 5) is 15.2. The molecule has 2 nitrogen and oxygen atoms in total. The molecule has 1 aliphatic carbocycles. The molecule has 0 N–H and O–H groups in total. The maximum Gasteiger partial charge on any atom is 0.226 e. The summed E-state index contributed by atoms with van der Waals surface area (Å²) in [6.45, 7) is 5.23. The van der Waals surface area contributed by atoms with Crippen molar-refractivity contribution in [3.8, 4) is 0 Å². The van der Waals surface area contributed by atoms with E-state index in [0.29, 0.717) is 11.9 Å². The SMILES string of the molecule is Cc1cccc(C)c1CC1CCN(C2CCc3ccccc32)C1=O. The molecule has 1 fully saturated rings. The van der Waals surface area contributed by atoms with E-state index in [1.807, 2.05) is 0 Å². The molecule has 24 heavy (non-hydrogen) atoms. The van der Waals surface area contributed by atoms with Crippen molar-refractivity contribution in [1.29, 1.82) is 0 Å². The fraction of sp³-hybridized carbons (Fsp3) is 0.409. The average Bonchev–Trinajstić information content (AvgIpc) is 3.15. The average molecular weight is 319 g/mol. The van der Waals surface area contributed by atoms with Crippen LogP contribution in [0.4, 0.5) is 0 Å². The molecule has 2 heteroatoms. The quantitative estimate of drug-likeness (QED) is 0.822. The van der Waals surface area contributed by atoms with Gasteiger partial charge in [0.05, 0.1) is 6.04 Å². The number of benzene rings is 2. The summed E-state index contributed by atoms with van der Waals surface area (Å²) in [5.74, 6) is 0.511. The molecular formula is C22H25NO. The summed E-state index contributed by atoms with van der Waals surface area (Å²) in [6, 6.07) is 15.4. The Morgan fingerprint density at radius 1 is 1.00 bits per heavy atom. The predicted octanol–water partition coefficient (Wildman–Crippen LogP) is 4.38. The van der Waals surface area contributed by atoms with Crippen LogP contribution in [0.2, 0.25) is 0 Å². The Balaban J connectivity index is 1.53. The number of nitrogens with zero attached hydrogens (tertiary/aromatic N) is 1. The first-order chi connectivity index (χ1) is 11.6. The van der Waals surface area contributed by atoms with Crippen LogP contribution in [0.3, 0.4) is 0 Å². The lowest BCUT2D eigenvalue weighted by Gasteiger charge is -2.25. The minimum atomic E-state index is 0.151. The van der Waals surface area contributed by atoms with Crippen molar-refractivity contribution in [3.63, 3.8) is 0 Å². The van der Waals surface area contributed by atoms with Gasteiger partial charge in [-0.2, -0.15) is 0 Å². The van der Waals surface area contributed by atoms with Crippen molar-refractivity contribution >= 4 is 5.91 Å². The van der Waals surface area contributed by atoms with Gasteiger partial charge in [0, 0.05) is 12.5 Å². The summed E-state index contributed by atoms with van der Waals surface area (Å²) in [5, 5.41) is 0. The van der Waals surface area contributed by atoms with Gasteiger partial charge in [0.15, 0.2) is 0 Å². The van der Waals surface area contributed by atoms with Crippen LogP contribution >= 0.6 is 0 Å².